The molecule has 1 aromatic carbocycles. The molecule has 0 saturated heterocycles. The highest BCUT2D eigenvalue weighted by Crippen LogP contribution is 2.28. The van der Waals surface area contributed by atoms with E-state index in [1.165, 1.54) is 36.7 Å². The highest BCUT2D eigenvalue weighted by atomic mass is 32.2. The Labute approximate surface area is 184 Å². The maximum Gasteiger partial charge on any atom is 0.233 e. The molecule has 0 spiro atoms. The van der Waals surface area contributed by atoms with Crippen molar-refractivity contribution in [3.05, 3.63) is 24.3 Å². The number of thioether (sulfide) groups is 1. The van der Waals surface area contributed by atoms with Gasteiger partial charge in [0.15, 0.2) is 11.0 Å². The van der Waals surface area contributed by atoms with Gasteiger partial charge in [0.1, 0.15) is 0 Å². The number of carbonyl (C=O) groups excluding carboxylic acids is 1. The lowest BCUT2D eigenvalue weighted by Gasteiger charge is -2.24. The molecule has 1 unspecified atom stereocenters. The quantitative estimate of drug-likeness (QED) is 0.583. The molecule has 7 heteroatoms. The third kappa shape index (κ3) is 5.36. The largest absolute Gasteiger partial charge is 0.372 e. The number of hydrogen-bond donors (Lipinski definition) is 1. The minimum absolute atomic E-state index is 0.0997. The summed E-state index contributed by atoms with van der Waals surface area (Å²) in [7, 11) is 0. The third-order valence-corrected chi connectivity index (χ3v) is 6.97. The topological polar surface area (TPSA) is 63.1 Å². The van der Waals surface area contributed by atoms with Gasteiger partial charge in [-0.25, -0.2) is 0 Å². The summed E-state index contributed by atoms with van der Waals surface area (Å²) in [5.74, 6) is 0.952. The van der Waals surface area contributed by atoms with E-state index in [-0.39, 0.29) is 11.2 Å². The predicted octanol–water partition coefficient (Wildman–Crippen LogP) is 4.74. The van der Waals surface area contributed by atoms with Crippen LogP contribution >= 0.6 is 11.8 Å². The fraction of sp³-hybridized carbons (Fsp3) is 0.609. The summed E-state index contributed by atoms with van der Waals surface area (Å²) in [6, 6.07) is 8.83. The zero-order valence-corrected chi connectivity index (χ0v) is 19.5. The minimum Gasteiger partial charge on any atom is -0.372 e. The molecule has 1 aliphatic carbocycles. The van der Waals surface area contributed by atoms with Crippen LogP contribution in [0.25, 0.3) is 11.4 Å². The van der Waals surface area contributed by atoms with Crippen molar-refractivity contribution >= 4 is 23.4 Å². The van der Waals surface area contributed by atoms with E-state index in [1.807, 2.05) is 6.92 Å². The third-order valence-electron chi connectivity index (χ3n) is 5.89. The molecule has 1 saturated carbocycles. The Hall–Kier alpha value is -2.02. The molecule has 0 aliphatic heterocycles. The molecule has 1 heterocycles. The van der Waals surface area contributed by atoms with Crippen molar-refractivity contribution in [2.45, 2.75) is 82.8 Å². The van der Waals surface area contributed by atoms with Crippen molar-refractivity contribution in [3.63, 3.8) is 0 Å². The molecule has 0 radical (unpaired) electrons. The number of benzene rings is 1. The van der Waals surface area contributed by atoms with Gasteiger partial charge < -0.3 is 14.8 Å². The Kier molecular flexibility index (Phi) is 8.19. The van der Waals surface area contributed by atoms with E-state index in [9.17, 15) is 4.79 Å². The van der Waals surface area contributed by atoms with E-state index in [0.29, 0.717) is 6.04 Å². The molecular weight excluding hydrogens is 394 g/mol. The molecule has 164 valence electrons. The smallest absolute Gasteiger partial charge is 0.233 e. The van der Waals surface area contributed by atoms with Gasteiger partial charge in [0.05, 0.1) is 5.25 Å². The molecule has 1 aliphatic rings. The first-order valence-corrected chi connectivity index (χ1v) is 12.2. The van der Waals surface area contributed by atoms with Gasteiger partial charge in [-0.3, -0.25) is 4.79 Å². The number of nitrogens with one attached hydrogen (secondary N) is 1. The highest BCUT2D eigenvalue weighted by molar-refractivity contribution is 8.00. The first-order chi connectivity index (χ1) is 14.6. The summed E-state index contributed by atoms with van der Waals surface area (Å²) in [4.78, 5) is 15.0. The van der Waals surface area contributed by atoms with Gasteiger partial charge >= 0.3 is 0 Å². The SMILES string of the molecule is CCN(CC)c1ccc(-c2nnc(SC(C)C(=O)NC3CCCCC3)n2CC)cc1. The van der Waals surface area contributed by atoms with Gasteiger partial charge in [-0.2, -0.15) is 0 Å². The van der Waals surface area contributed by atoms with Crippen LogP contribution < -0.4 is 10.2 Å². The number of hydrogen-bond acceptors (Lipinski definition) is 5. The van der Waals surface area contributed by atoms with Gasteiger partial charge in [0.25, 0.3) is 0 Å². The fourth-order valence-electron chi connectivity index (χ4n) is 4.06. The van der Waals surface area contributed by atoms with E-state index in [2.05, 4.69) is 70.0 Å². The van der Waals surface area contributed by atoms with Crippen molar-refractivity contribution in [2.24, 2.45) is 0 Å². The lowest BCUT2D eigenvalue weighted by Crippen LogP contribution is -2.40. The van der Waals surface area contributed by atoms with Crippen molar-refractivity contribution in [1.29, 1.82) is 0 Å². The number of amides is 1. The average molecular weight is 430 g/mol. The number of anilines is 1. The standard InChI is InChI=1S/C23H35N5OS/c1-5-27(6-2)20-15-13-18(14-16-20)21-25-26-23(28(21)7-3)30-17(4)22(29)24-19-11-9-8-10-12-19/h13-17,19H,5-12H2,1-4H3,(H,24,29). The maximum absolute atomic E-state index is 12.7. The van der Waals surface area contributed by atoms with Crippen LogP contribution in [-0.2, 0) is 11.3 Å². The second kappa shape index (κ2) is 10.8. The summed E-state index contributed by atoms with van der Waals surface area (Å²) < 4.78 is 2.10. The number of aromatic nitrogens is 3. The van der Waals surface area contributed by atoms with E-state index in [4.69, 9.17) is 0 Å². The molecular formula is C23H35N5OS. The fourth-order valence-corrected chi connectivity index (χ4v) is 4.98. The van der Waals surface area contributed by atoms with E-state index >= 15 is 0 Å². The Morgan fingerprint density at radius 2 is 1.80 bits per heavy atom. The van der Waals surface area contributed by atoms with Crippen LogP contribution in [0.2, 0.25) is 0 Å². The predicted molar refractivity (Wildman–Crippen MR) is 125 cm³/mol. The van der Waals surface area contributed by atoms with Crippen LogP contribution in [0.1, 0.15) is 59.8 Å². The van der Waals surface area contributed by atoms with E-state index < -0.39 is 0 Å². The molecule has 3 rings (SSSR count). The molecule has 6 nitrogen and oxygen atoms in total. The van der Waals surface area contributed by atoms with Crippen LogP contribution in [0.3, 0.4) is 0 Å². The first-order valence-electron chi connectivity index (χ1n) is 11.3. The summed E-state index contributed by atoms with van der Waals surface area (Å²) in [5, 5.41) is 12.7. The van der Waals surface area contributed by atoms with Crippen molar-refractivity contribution in [3.8, 4) is 11.4 Å². The van der Waals surface area contributed by atoms with Crippen LogP contribution in [0.4, 0.5) is 5.69 Å². The zero-order valence-electron chi connectivity index (χ0n) is 18.7. The number of nitrogens with zero attached hydrogens (tertiary/aromatic N) is 4. The molecule has 1 fully saturated rings. The molecule has 1 aromatic heterocycles. The molecule has 2 aromatic rings. The molecule has 1 atom stereocenters. The van der Waals surface area contributed by atoms with Crippen molar-refractivity contribution < 1.29 is 4.79 Å². The van der Waals surface area contributed by atoms with Crippen molar-refractivity contribution in [2.75, 3.05) is 18.0 Å². The number of carbonyl (C=O) groups is 1. The Morgan fingerprint density at radius 1 is 1.13 bits per heavy atom. The lowest BCUT2D eigenvalue weighted by atomic mass is 9.95. The Morgan fingerprint density at radius 3 is 2.40 bits per heavy atom. The second-order valence-electron chi connectivity index (χ2n) is 7.87. The second-order valence-corrected chi connectivity index (χ2v) is 9.18. The van der Waals surface area contributed by atoms with Gasteiger partial charge in [0, 0.05) is 36.9 Å². The van der Waals surface area contributed by atoms with Gasteiger partial charge in [-0.1, -0.05) is 31.0 Å². The summed E-state index contributed by atoms with van der Waals surface area (Å²) in [6.45, 7) is 11.1. The zero-order chi connectivity index (χ0) is 21.5. The lowest BCUT2D eigenvalue weighted by molar-refractivity contribution is -0.121. The highest BCUT2D eigenvalue weighted by Gasteiger charge is 2.23. The molecule has 1 N–H and O–H groups in total. The Bertz CT molecular complexity index is 810. The minimum atomic E-state index is -0.195. The van der Waals surface area contributed by atoms with Crippen LogP contribution in [0, 0.1) is 0 Å². The normalized spacial score (nSPS) is 15.7. The monoisotopic (exact) mass is 429 g/mol. The molecule has 0 bridgehead atoms. The van der Waals surface area contributed by atoms with E-state index in [0.717, 1.165) is 49.0 Å². The van der Waals surface area contributed by atoms with Gasteiger partial charge in [-0.15, -0.1) is 10.2 Å². The van der Waals surface area contributed by atoms with Crippen LogP contribution in [0.15, 0.2) is 29.4 Å². The summed E-state index contributed by atoms with van der Waals surface area (Å²) in [5.41, 5.74) is 2.26. The average Bonchev–Trinajstić information content (AvgIpc) is 3.18. The van der Waals surface area contributed by atoms with Crippen LogP contribution in [0.5, 0.6) is 0 Å². The Balaban J connectivity index is 1.69. The maximum atomic E-state index is 12.7. The van der Waals surface area contributed by atoms with Gasteiger partial charge in [-0.05, 0) is 64.8 Å². The molecule has 1 amide bonds. The van der Waals surface area contributed by atoms with Crippen molar-refractivity contribution in [1.82, 2.24) is 20.1 Å². The van der Waals surface area contributed by atoms with Crippen LogP contribution in [-0.4, -0.2) is 45.1 Å². The summed E-state index contributed by atoms with van der Waals surface area (Å²) >= 11 is 1.49. The first kappa shape index (κ1) is 22.7. The van der Waals surface area contributed by atoms with Gasteiger partial charge in [0.2, 0.25) is 5.91 Å². The molecule has 30 heavy (non-hydrogen) atoms. The van der Waals surface area contributed by atoms with E-state index in [1.54, 1.807) is 0 Å². The summed E-state index contributed by atoms with van der Waals surface area (Å²) in [6.07, 6.45) is 5.92. The number of rotatable bonds is 9.